The van der Waals surface area contributed by atoms with Crippen LogP contribution in [-0.4, -0.2) is 0 Å². The van der Waals surface area contributed by atoms with Crippen LogP contribution in [-0.2, 0) is 0 Å². The van der Waals surface area contributed by atoms with Gasteiger partial charge in [0.25, 0.3) is 0 Å². The van der Waals surface area contributed by atoms with E-state index in [1.165, 1.54) is 25.3 Å². The van der Waals surface area contributed by atoms with Crippen molar-refractivity contribution < 1.29 is 0 Å². The molecule has 0 atom stereocenters. The highest BCUT2D eigenvalue weighted by Gasteiger charge is 2.29. The maximum Gasteiger partial charge on any atom is 0.145 e. The second-order valence-corrected chi connectivity index (χ2v) is 15.1. The number of thioether (sulfide) groups is 4. The number of hydrogen-bond donors (Lipinski definition) is 0. The van der Waals surface area contributed by atoms with Crippen molar-refractivity contribution in [2.45, 2.75) is 16.8 Å². The predicted molar refractivity (Wildman–Crippen MR) is 96.5 cm³/mol. The lowest BCUT2D eigenvalue weighted by Crippen LogP contribution is -1.64. The van der Waals surface area contributed by atoms with Crippen LogP contribution in [0.5, 0.6) is 0 Å². The van der Waals surface area contributed by atoms with Gasteiger partial charge in [-0.2, -0.15) is 0 Å². The van der Waals surface area contributed by atoms with E-state index in [2.05, 4.69) is 0 Å². The van der Waals surface area contributed by atoms with Gasteiger partial charge in [-0.05, 0) is 0 Å². The molecular formula is C8S10. The van der Waals surface area contributed by atoms with Crippen molar-refractivity contribution >= 4 is 117 Å². The van der Waals surface area contributed by atoms with Crippen molar-refractivity contribution in [1.82, 2.24) is 0 Å². The summed E-state index contributed by atoms with van der Waals surface area (Å²) in [5.41, 5.74) is 0. The molecule has 2 aromatic rings. The Kier molecular flexibility index (Phi) is 3.82. The Morgan fingerprint density at radius 2 is 0.778 bits per heavy atom. The van der Waals surface area contributed by atoms with Crippen LogP contribution in [0.4, 0.5) is 0 Å². The monoisotopic (exact) mass is 416 g/mol. The van der Waals surface area contributed by atoms with Crippen LogP contribution in [0.25, 0.3) is 0 Å². The Morgan fingerprint density at radius 3 is 1.06 bits per heavy atom. The first-order valence-corrected chi connectivity index (χ1v) is 11.8. The first-order valence-electron chi connectivity index (χ1n) is 4.42. The Labute approximate surface area is 146 Å². The summed E-state index contributed by atoms with van der Waals surface area (Å²) in [5, 5.41) is 0. The zero-order valence-electron chi connectivity index (χ0n) is 8.08. The molecule has 4 heterocycles. The van der Waals surface area contributed by atoms with E-state index in [4.69, 9.17) is 24.4 Å². The average molecular weight is 417 g/mol. The van der Waals surface area contributed by atoms with E-state index in [0.717, 1.165) is 6.28 Å². The van der Waals surface area contributed by atoms with Crippen LogP contribution in [0, 0.1) is 6.28 Å². The standard InChI is InChI=1S/C8S10/c9-7-15-3-4(16-7)12-1(11-3)2-13-5-6(14-2)18-8(10)17-5. The second-order valence-electron chi connectivity index (χ2n) is 3.04. The van der Waals surface area contributed by atoms with Gasteiger partial charge < -0.3 is 0 Å². The van der Waals surface area contributed by atoms with Gasteiger partial charge in [0.15, 0.2) is 0 Å². The highest BCUT2D eigenvalue weighted by atomic mass is 32.3. The molecule has 18 heavy (non-hydrogen) atoms. The average Bonchev–Trinajstić information content (AvgIpc) is 2.94. The van der Waals surface area contributed by atoms with E-state index >= 15 is 0 Å². The van der Waals surface area contributed by atoms with Crippen molar-refractivity contribution in [3.8, 4) is 0 Å². The molecule has 0 fully saturated rings. The van der Waals surface area contributed by atoms with Crippen molar-refractivity contribution in [2.24, 2.45) is 0 Å². The number of hydrogen-bond acceptors (Lipinski definition) is 10. The summed E-state index contributed by atoms with van der Waals surface area (Å²) in [7, 11) is 0. The topological polar surface area (TPSA) is 0 Å². The molecule has 0 aromatic carbocycles. The van der Waals surface area contributed by atoms with Crippen LogP contribution in [0.3, 0.4) is 0 Å². The van der Waals surface area contributed by atoms with Gasteiger partial charge >= 0.3 is 0 Å². The minimum Gasteiger partial charge on any atom is -0.105 e. The fourth-order valence-electron chi connectivity index (χ4n) is 1.31. The summed E-state index contributed by atoms with van der Waals surface area (Å²) in [6.45, 7) is 0. The summed E-state index contributed by atoms with van der Waals surface area (Å²) in [4.78, 5) is 0. The first kappa shape index (κ1) is 13.4. The van der Waals surface area contributed by atoms with Crippen molar-refractivity contribution in [3.63, 3.8) is 0 Å². The van der Waals surface area contributed by atoms with Gasteiger partial charge in [0.2, 0.25) is 0 Å². The van der Waals surface area contributed by atoms with E-state index in [9.17, 15) is 0 Å². The van der Waals surface area contributed by atoms with E-state index in [-0.39, 0.29) is 0 Å². The molecule has 0 saturated carbocycles. The van der Waals surface area contributed by atoms with Gasteiger partial charge in [-0.3, -0.25) is 0 Å². The Hall–Kier alpha value is 1.68. The molecule has 0 N–H and O–H groups in total. The molecule has 0 amide bonds. The van der Waals surface area contributed by atoms with Crippen molar-refractivity contribution in [2.75, 3.05) is 0 Å². The third-order valence-corrected chi connectivity index (χ3v) is 13.8. The molecule has 0 nitrogen and oxygen atoms in total. The van der Waals surface area contributed by atoms with Crippen LogP contribution in [0.1, 0.15) is 0 Å². The third-order valence-electron chi connectivity index (χ3n) is 1.95. The summed E-state index contributed by atoms with van der Waals surface area (Å²) in [6, 6.07) is 0. The highest BCUT2D eigenvalue weighted by molar-refractivity contribution is 8.32. The molecule has 0 bridgehead atoms. The molecule has 92 valence electrons. The lowest BCUT2D eigenvalue weighted by atomic mass is 11.1. The van der Waals surface area contributed by atoms with Crippen LogP contribution < -0.4 is 0 Å². The van der Waals surface area contributed by atoms with Crippen LogP contribution in [0.2, 0.25) is 0 Å². The quantitative estimate of drug-likeness (QED) is 0.402. The predicted octanol–water partition coefficient (Wildman–Crippen LogP) is 7.61. The van der Waals surface area contributed by atoms with E-state index in [0.29, 0.717) is 0 Å². The first-order chi connectivity index (χ1) is 8.69. The van der Waals surface area contributed by atoms with Crippen molar-refractivity contribution in [1.29, 1.82) is 0 Å². The van der Waals surface area contributed by atoms with Crippen LogP contribution in [0.15, 0.2) is 25.3 Å². The molecule has 10 heteroatoms. The summed E-state index contributed by atoms with van der Waals surface area (Å²) >= 11 is 24.9. The fraction of sp³-hybridized carbons (Fsp3) is 0. The van der Waals surface area contributed by atoms with E-state index < -0.39 is 0 Å². The minimum absolute atomic E-state index is 1.04. The zero-order chi connectivity index (χ0) is 12.3. The normalized spacial score (nSPS) is 17.3. The van der Waals surface area contributed by atoms with Gasteiger partial charge in [0.05, 0.1) is 25.3 Å². The molecule has 4 rings (SSSR count). The van der Waals surface area contributed by atoms with E-state index in [1.807, 2.05) is 47.0 Å². The van der Waals surface area contributed by atoms with Gasteiger partial charge in [-0.25, -0.2) is 0 Å². The minimum atomic E-state index is 1.04. The largest absolute Gasteiger partial charge is 0.145 e. The Balaban J connectivity index is 1.68. The number of rotatable bonds is 0. The summed E-state index contributed by atoms with van der Waals surface area (Å²) in [5.74, 6) is 0. The molecule has 2 aromatic heterocycles. The third kappa shape index (κ3) is 2.36. The smallest absolute Gasteiger partial charge is 0.105 e. The zero-order valence-corrected chi connectivity index (χ0v) is 16.2. The maximum absolute atomic E-state index is 5.23. The van der Waals surface area contributed by atoms with Gasteiger partial charge in [-0.15, -0.1) is 45.3 Å². The molecule has 0 unspecified atom stereocenters. The van der Waals surface area contributed by atoms with Crippen LogP contribution >= 0.6 is 117 Å². The molecular weight excluding hydrogens is 417 g/mol. The maximum atomic E-state index is 5.23. The molecule has 2 aliphatic rings. The van der Waals surface area contributed by atoms with E-state index in [1.54, 1.807) is 45.3 Å². The Morgan fingerprint density at radius 1 is 0.500 bits per heavy atom. The summed E-state index contributed by atoms with van der Waals surface area (Å²) in [6.07, 6.45) is 0. The summed E-state index contributed by atoms with van der Waals surface area (Å²) < 4.78 is 10.4. The van der Waals surface area contributed by atoms with Gasteiger partial charge in [-0.1, -0.05) is 71.5 Å². The highest BCUT2D eigenvalue weighted by Crippen LogP contribution is 2.65. The second kappa shape index (κ2) is 5.15. The number of fused-ring (bicyclic) bond motifs is 2. The fourth-order valence-corrected chi connectivity index (χ4v) is 14.8. The molecule has 0 spiro atoms. The van der Waals surface area contributed by atoms with Gasteiger partial charge in [0.1, 0.15) is 6.28 Å². The SMILES string of the molecule is S=c1sc2c(s1)SC(=C1Sc3sc(=S)sc3S1)S2. The van der Waals surface area contributed by atoms with Gasteiger partial charge in [0, 0.05) is 0 Å². The molecule has 0 saturated heterocycles. The molecule has 0 aliphatic carbocycles. The molecule has 2 aliphatic heterocycles. The Bertz CT molecular complexity index is 656. The molecule has 0 radical (unpaired) electrons. The lowest BCUT2D eigenvalue weighted by molar-refractivity contribution is 1.56. The van der Waals surface area contributed by atoms with Crippen molar-refractivity contribution in [3.05, 3.63) is 14.7 Å². The lowest BCUT2D eigenvalue weighted by Gasteiger charge is -1.98.